The highest BCUT2D eigenvalue weighted by Crippen LogP contribution is 2.71. The van der Waals surface area contributed by atoms with Gasteiger partial charge in [0.15, 0.2) is 0 Å². The maximum Gasteiger partial charge on any atom is 0.0290 e. The highest BCUT2D eigenvalue weighted by Gasteiger charge is 2.68. The molecule has 3 aliphatic carbocycles. The minimum Gasteiger partial charge on any atom is -0.303 e. The zero-order valence-corrected chi connectivity index (χ0v) is 10.6. The molecule has 0 aliphatic heterocycles. The number of rotatable bonds is 2. The minimum atomic E-state index is 0.602. The molecule has 1 heteroatoms. The number of nitrogens with zero attached hydrogens (tertiary/aromatic N) is 1. The topological polar surface area (TPSA) is 3.24 Å². The summed E-state index contributed by atoms with van der Waals surface area (Å²) in [4.78, 5) is 2.62. The van der Waals surface area contributed by atoms with Crippen LogP contribution < -0.4 is 0 Å². The average Bonchev–Trinajstić information content (AvgIpc) is 2.88. The summed E-state index contributed by atoms with van der Waals surface area (Å²) in [6, 6.07) is 0. The first kappa shape index (κ1) is 10.1. The summed E-state index contributed by atoms with van der Waals surface area (Å²) in [5.74, 6) is 2.09. The molecule has 3 rings (SSSR count). The molecule has 3 fully saturated rings. The van der Waals surface area contributed by atoms with E-state index in [0.29, 0.717) is 11.0 Å². The fourth-order valence-corrected chi connectivity index (χ4v) is 6.03. The van der Waals surface area contributed by atoms with E-state index in [2.05, 4.69) is 25.9 Å². The Morgan fingerprint density at radius 3 is 2.47 bits per heavy atom. The van der Waals surface area contributed by atoms with Crippen molar-refractivity contribution < 1.29 is 0 Å². The fourth-order valence-electron chi connectivity index (χ4n) is 6.03. The van der Waals surface area contributed by atoms with E-state index in [1.807, 2.05) is 0 Å². The van der Waals surface area contributed by atoms with Gasteiger partial charge in [-0.1, -0.05) is 13.3 Å². The van der Waals surface area contributed by atoms with Crippen molar-refractivity contribution in [3.05, 3.63) is 0 Å². The first-order valence-corrected chi connectivity index (χ1v) is 6.85. The van der Waals surface area contributed by atoms with Crippen LogP contribution in [0.4, 0.5) is 0 Å². The quantitative estimate of drug-likeness (QED) is 0.671. The van der Waals surface area contributed by atoms with E-state index in [-0.39, 0.29) is 0 Å². The zero-order valence-electron chi connectivity index (χ0n) is 10.6. The van der Waals surface area contributed by atoms with E-state index in [4.69, 9.17) is 0 Å². The molecular weight excluding hydrogens is 182 g/mol. The third kappa shape index (κ3) is 0.906. The molecule has 1 nitrogen and oxygen atoms in total. The van der Waals surface area contributed by atoms with Gasteiger partial charge in [-0.2, -0.15) is 0 Å². The Kier molecular flexibility index (Phi) is 2.03. The molecule has 0 aromatic heterocycles. The number of hydrogen-bond donors (Lipinski definition) is 0. The molecule has 86 valence electrons. The predicted molar refractivity (Wildman–Crippen MR) is 63.8 cm³/mol. The molecule has 0 radical (unpaired) electrons. The van der Waals surface area contributed by atoms with Crippen LogP contribution in [0.5, 0.6) is 0 Å². The fraction of sp³-hybridized carbons (Fsp3) is 1.00. The zero-order chi connectivity index (χ0) is 10.7. The van der Waals surface area contributed by atoms with Gasteiger partial charge in [-0.25, -0.2) is 0 Å². The van der Waals surface area contributed by atoms with E-state index >= 15 is 0 Å². The van der Waals surface area contributed by atoms with E-state index in [1.54, 1.807) is 6.42 Å². The summed E-state index contributed by atoms with van der Waals surface area (Å²) in [6.07, 6.45) is 10.5. The second-order valence-corrected chi connectivity index (χ2v) is 6.39. The van der Waals surface area contributed by atoms with E-state index in [9.17, 15) is 0 Å². The Bertz CT molecular complexity index is 273. The second-order valence-electron chi connectivity index (χ2n) is 6.39. The lowest BCUT2D eigenvalue weighted by molar-refractivity contribution is -0.0309. The Balaban J connectivity index is 2.09. The second kappa shape index (κ2) is 3.00. The number of hydrogen-bond acceptors (Lipinski definition) is 1. The van der Waals surface area contributed by atoms with Crippen molar-refractivity contribution in [2.45, 2.75) is 57.4 Å². The van der Waals surface area contributed by atoms with E-state index in [1.165, 1.54) is 38.5 Å². The summed E-state index contributed by atoms with van der Waals surface area (Å²) in [5, 5.41) is 0. The molecule has 0 amide bonds. The summed E-state index contributed by atoms with van der Waals surface area (Å²) < 4.78 is 0. The van der Waals surface area contributed by atoms with Gasteiger partial charge in [-0.3, -0.25) is 0 Å². The lowest BCUT2D eigenvalue weighted by atomic mass is 9.61. The molecule has 15 heavy (non-hydrogen) atoms. The summed E-state index contributed by atoms with van der Waals surface area (Å²) in [5.41, 5.74) is 1.31. The third-order valence-electron chi connectivity index (χ3n) is 6.36. The maximum absolute atomic E-state index is 2.62. The van der Waals surface area contributed by atoms with Crippen molar-refractivity contribution in [3.63, 3.8) is 0 Å². The van der Waals surface area contributed by atoms with Crippen molar-refractivity contribution >= 4 is 0 Å². The number of fused-ring (bicyclic) bond motifs is 5. The Morgan fingerprint density at radius 2 is 1.87 bits per heavy atom. The Morgan fingerprint density at radius 1 is 1.13 bits per heavy atom. The molecule has 3 aliphatic rings. The maximum atomic E-state index is 2.62. The summed E-state index contributed by atoms with van der Waals surface area (Å²) >= 11 is 0. The van der Waals surface area contributed by atoms with Gasteiger partial charge in [-0.15, -0.1) is 0 Å². The molecule has 3 saturated carbocycles. The molecule has 0 aromatic carbocycles. The third-order valence-corrected chi connectivity index (χ3v) is 6.36. The van der Waals surface area contributed by atoms with E-state index < -0.39 is 0 Å². The van der Waals surface area contributed by atoms with Crippen molar-refractivity contribution in [2.24, 2.45) is 17.3 Å². The first-order chi connectivity index (χ1) is 7.17. The van der Waals surface area contributed by atoms with Gasteiger partial charge in [-0.05, 0) is 69.9 Å². The standard InChI is InChI=1S/C14H25N/c1-4-13-8-5-9-14(13,15(2)3)12-7-6-11(13)10-12/h11-12H,4-10H2,1-3H3/t11-,12-,13-,14-/m1/s1. The van der Waals surface area contributed by atoms with Crippen LogP contribution in [0.1, 0.15) is 51.9 Å². The Hall–Kier alpha value is -0.0400. The average molecular weight is 207 g/mol. The molecule has 2 bridgehead atoms. The van der Waals surface area contributed by atoms with Crippen LogP contribution in [0, 0.1) is 17.3 Å². The van der Waals surface area contributed by atoms with Crippen LogP contribution in [0.15, 0.2) is 0 Å². The van der Waals surface area contributed by atoms with Gasteiger partial charge in [0.1, 0.15) is 0 Å². The van der Waals surface area contributed by atoms with Crippen molar-refractivity contribution in [3.8, 4) is 0 Å². The van der Waals surface area contributed by atoms with Crippen LogP contribution in [0.2, 0.25) is 0 Å². The SMILES string of the molecule is CC[C@]12CCC[C@@]1(N(C)C)[C@@H]1CC[C@@H]2C1. The predicted octanol–water partition coefficient (Wildman–Crippen LogP) is 3.30. The van der Waals surface area contributed by atoms with Crippen LogP contribution in [-0.2, 0) is 0 Å². The van der Waals surface area contributed by atoms with Gasteiger partial charge < -0.3 is 4.90 Å². The monoisotopic (exact) mass is 207 g/mol. The normalized spacial score (nSPS) is 52.8. The van der Waals surface area contributed by atoms with Gasteiger partial charge in [0.2, 0.25) is 0 Å². The molecule has 4 atom stereocenters. The smallest absolute Gasteiger partial charge is 0.0290 e. The van der Waals surface area contributed by atoms with Crippen molar-refractivity contribution in [1.29, 1.82) is 0 Å². The van der Waals surface area contributed by atoms with Gasteiger partial charge >= 0.3 is 0 Å². The van der Waals surface area contributed by atoms with Gasteiger partial charge in [0.05, 0.1) is 0 Å². The molecular formula is C14H25N. The van der Waals surface area contributed by atoms with Crippen molar-refractivity contribution in [2.75, 3.05) is 14.1 Å². The van der Waals surface area contributed by atoms with E-state index in [0.717, 1.165) is 11.8 Å². The molecule has 0 saturated heterocycles. The minimum absolute atomic E-state index is 0.602. The van der Waals surface area contributed by atoms with Crippen molar-refractivity contribution in [1.82, 2.24) is 4.90 Å². The summed E-state index contributed by atoms with van der Waals surface area (Å²) in [6.45, 7) is 2.45. The lowest BCUT2D eigenvalue weighted by Crippen LogP contribution is -2.57. The van der Waals surface area contributed by atoms with Gasteiger partial charge in [0.25, 0.3) is 0 Å². The highest BCUT2D eigenvalue weighted by atomic mass is 15.2. The molecule has 0 heterocycles. The van der Waals surface area contributed by atoms with Crippen LogP contribution in [0.3, 0.4) is 0 Å². The lowest BCUT2D eigenvalue weighted by Gasteiger charge is -2.53. The molecule has 0 spiro atoms. The highest BCUT2D eigenvalue weighted by molar-refractivity contribution is 5.21. The molecule has 0 N–H and O–H groups in total. The Labute approximate surface area is 94.2 Å². The largest absolute Gasteiger partial charge is 0.303 e. The molecule has 0 unspecified atom stereocenters. The van der Waals surface area contributed by atoms with Gasteiger partial charge in [0, 0.05) is 5.54 Å². The van der Waals surface area contributed by atoms with Crippen LogP contribution in [0.25, 0.3) is 0 Å². The first-order valence-electron chi connectivity index (χ1n) is 6.85. The van der Waals surface area contributed by atoms with Crippen LogP contribution >= 0.6 is 0 Å². The summed E-state index contributed by atoms with van der Waals surface area (Å²) in [7, 11) is 4.69. The molecule has 0 aromatic rings. The van der Waals surface area contributed by atoms with Crippen LogP contribution in [-0.4, -0.2) is 24.5 Å².